The van der Waals surface area contributed by atoms with Gasteiger partial charge in [0.25, 0.3) is 0 Å². The van der Waals surface area contributed by atoms with Crippen molar-refractivity contribution in [2.75, 3.05) is 0 Å². The highest BCUT2D eigenvalue weighted by molar-refractivity contribution is 5.87. The van der Waals surface area contributed by atoms with Crippen molar-refractivity contribution in [1.29, 1.82) is 0 Å². The van der Waals surface area contributed by atoms with E-state index in [0.717, 1.165) is 6.08 Å². The van der Waals surface area contributed by atoms with Gasteiger partial charge in [-0.15, -0.1) is 0 Å². The molecule has 0 amide bonds. The number of ether oxygens (including phenoxy) is 2. The van der Waals surface area contributed by atoms with Crippen LogP contribution in [0.1, 0.15) is 24.2 Å². The molecule has 0 fully saturated rings. The summed E-state index contributed by atoms with van der Waals surface area (Å²) < 4.78 is 10.4. The van der Waals surface area contributed by atoms with Crippen molar-refractivity contribution in [3.05, 3.63) is 42.5 Å². The number of esters is 1. The Bertz CT molecular complexity index is 459. The van der Waals surface area contributed by atoms with Crippen molar-refractivity contribution in [2.45, 2.75) is 19.6 Å². The van der Waals surface area contributed by atoms with E-state index >= 15 is 0 Å². The number of hydrogen-bond acceptors (Lipinski definition) is 4. The standard InChI is InChI=1S/C13H14O5/c1-4-11(14)18-13(2,3)17-10-7-5-9(6-8-10)12(15)16/h4-8H,1H2,2-3H3,(H,15,16). The molecular weight excluding hydrogens is 236 g/mol. The zero-order valence-electron chi connectivity index (χ0n) is 10.2. The molecule has 0 aliphatic heterocycles. The van der Waals surface area contributed by atoms with Gasteiger partial charge in [-0.25, -0.2) is 9.59 Å². The van der Waals surface area contributed by atoms with E-state index < -0.39 is 17.7 Å². The molecule has 0 aromatic heterocycles. The second kappa shape index (κ2) is 5.35. The molecule has 18 heavy (non-hydrogen) atoms. The molecule has 1 N–H and O–H groups in total. The molecule has 5 nitrogen and oxygen atoms in total. The summed E-state index contributed by atoms with van der Waals surface area (Å²) in [6.45, 7) is 6.43. The van der Waals surface area contributed by atoms with E-state index in [-0.39, 0.29) is 5.56 Å². The third-order valence-corrected chi connectivity index (χ3v) is 1.98. The predicted molar refractivity (Wildman–Crippen MR) is 64.4 cm³/mol. The lowest BCUT2D eigenvalue weighted by Crippen LogP contribution is -2.33. The van der Waals surface area contributed by atoms with Gasteiger partial charge in [-0.3, -0.25) is 0 Å². The van der Waals surface area contributed by atoms with Gasteiger partial charge < -0.3 is 14.6 Å². The zero-order valence-corrected chi connectivity index (χ0v) is 10.2. The highest BCUT2D eigenvalue weighted by Gasteiger charge is 2.23. The van der Waals surface area contributed by atoms with Crippen molar-refractivity contribution in [3.63, 3.8) is 0 Å². The number of carboxylic acids is 1. The van der Waals surface area contributed by atoms with Crippen LogP contribution in [0.4, 0.5) is 0 Å². The Kier molecular flexibility index (Phi) is 4.09. The minimum absolute atomic E-state index is 0.156. The van der Waals surface area contributed by atoms with Gasteiger partial charge >= 0.3 is 11.9 Å². The topological polar surface area (TPSA) is 72.8 Å². The van der Waals surface area contributed by atoms with E-state index in [1.54, 1.807) is 13.8 Å². The minimum atomic E-state index is -1.16. The number of benzene rings is 1. The molecule has 5 heteroatoms. The summed E-state index contributed by atoms with van der Waals surface area (Å²) >= 11 is 0. The molecule has 1 rings (SSSR count). The van der Waals surface area contributed by atoms with E-state index in [1.165, 1.54) is 24.3 Å². The van der Waals surface area contributed by atoms with Gasteiger partial charge in [-0.2, -0.15) is 0 Å². The molecule has 0 aliphatic rings. The quantitative estimate of drug-likeness (QED) is 0.493. The first-order valence-corrected chi connectivity index (χ1v) is 5.22. The highest BCUT2D eigenvalue weighted by Crippen LogP contribution is 2.20. The third-order valence-electron chi connectivity index (χ3n) is 1.98. The first-order valence-electron chi connectivity index (χ1n) is 5.22. The SMILES string of the molecule is C=CC(=O)OC(C)(C)Oc1ccc(C(=O)O)cc1. The van der Waals surface area contributed by atoms with Gasteiger partial charge in [0.2, 0.25) is 5.79 Å². The molecular formula is C13H14O5. The fourth-order valence-electron chi connectivity index (χ4n) is 1.25. The van der Waals surface area contributed by atoms with Crippen molar-refractivity contribution in [3.8, 4) is 5.75 Å². The average Bonchev–Trinajstić information content (AvgIpc) is 2.28. The predicted octanol–water partition coefficient (Wildman–Crippen LogP) is 2.23. The molecule has 96 valence electrons. The van der Waals surface area contributed by atoms with Gasteiger partial charge in [-0.05, 0) is 24.3 Å². The van der Waals surface area contributed by atoms with Gasteiger partial charge in [0.15, 0.2) is 0 Å². The summed E-state index contributed by atoms with van der Waals surface area (Å²) in [5, 5.41) is 8.74. The van der Waals surface area contributed by atoms with Gasteiger partial charge in [0.05, 0.1) is 5.56 Å². The number of carbonyl (C=O) groups excluding carboxylic acids is 1. The van der Waals surface area contributed by atoms with Crippen LogP contribution in [0.3, 0.4) is 0 Å². The average molecular weight is 250 g/mol. The summed E-state index contributed by atoms with van der Waals surface area (Å²) in [5.41, 5.74) is 0.156. The number of carbonyl (C=O) groups is 2. The summed E-state index contributed by atoms with van der Waals surface area (Å²) in [4.78, 5) is 21.7. The van der Waals surface area contributed by atoms with Crippen LogP contribution in [0.2, 0.25) is 0 Å². The van der Waals surface area contributed by atoms with Crippen LogP contribution in [0.25, 0.3) is 0 Å². The van der Waals surface area contributed by atoms with Crippen LogP contribution in [-0.4, -0.2) is 22.8 Å². The zero-order chi connectivity index (χ0) is 13.8. The number of carboxylic acid groups (broad SMARTS) is 1. The number of hydrogen-bond donors (Lipinski definition) is 1. The summed E-state index contributed by atoms with van der Waals surface area (Å²) in [6.07, 6.45) is 1.04. The third kappa shape index (κ3) is 3.93. The fourth-order valence-corrected chi connectivity index (χ4v) is 1.25. The second-order valence-electron chi connectivity index (χ2n) is 3.96. The maximum Gasteiger partial charge on any atom is 0.335 e. The first kappa shape index (κ1) is 13.8. The van der Waals surface area contributed by atoms with E-state index in [4.69, 9.17) is 14.6 Å². The fraction of sp³-hybridized carbons (Fsp3) is 0.231. The van der Waals surface area contributed by atoms with Gasteiger partial charge in [-0.1, -0.05) is 6.58 Å². The maximum atomic E-state index is 11.1. The number of rotatable bonds is 5. The van der Waals surface area contributed by atoms with Crippen LogP contribution in [0.15, 0.2) is 36.9 Å². The summed E-state index contributed by atoms with van der Waals surface area (Å²) in [5.74, 6) is -2.36. The van der Waals surface area contributed by atoms with E-state index in [9.17, 15) is 9.59 Å². The lowest BCUT2D eigenvalue weighted by molar-refractivity contribution is -0.180. The maximum absolute atomic E-state index is 11.1. The van der Waals surface area contributed by atoms with Crippen molar-refractivity contribution < 1.29 is 24.2 Å². The molecule has 0 bridgehead atoms. The molecule has 0 saturated carbocycles. The smallest absolute Gasteiger partial charge is 0.335 e. The Balaban J connectivity index is 2.74. The molecule has 0 spiro atoms. The Morgan fingerprint density at radius 1 is 1.28 bits per heavy atom. The van der Waals surface area contributed by atoms with E-state index in [1.807, 2.05) is 0 Å². The molecule has 0 unspecified atom stereocenters. The monoisotopic (exact) mass is 250 g/mol. The second-order valence-corrected chi connectivity index (χ2v) is 3.96. The normalized spacial score (nSPS) is 10.6. The Labute approximate surface area is 105 Å². The lowest BCUT2D eigenvalue weighted by Gasteiger charge is -2.25. The van der Waals surface area contributed by atoms with Crippen molar-refractivity contribution >= 4 is 11.9 Å². The van der Waals surface area contributed by atoms with Crippen LogP contribution >= 0.6 is 0 Å². The minimum Gasteiger partial charge on any atom is -0.478 e. The highest BCUT2D eigenvalue weighted by atomic mass is 16.7. The largest absolute Gasteiger partial charge is 0.478 e. The first-order chi connectivity index (χ1) is 8.34. The Hall–Kier alpha value is -2.30. The van der Waals surface area contributed by atoms with Crippen LogP contribution in [-0.2, 0) is 9.53 Å². The molecule has 0 saturated heterocycles. The molecule has 0 radical (unpaired) electrons. The van der Waals surface area contributed by atoms with E-state index in [0.29, 0.717) is 5.75 Å². The van der Waals surface area contributed by atoms with Crippen LogP contribution < -0.4 is 4.74 Å². The van der Waals surface area contributed by atoms with E-state index in [2.05, 4.69) is 6.58 Å². The van der Waals surface area contributed by atoms with Crippen LogP contribution in [0.5, 0.6) is 5.75 Å². The summed E-state index contributed by atoms with van der Waals surface area (Å²) in [6, 6.07) is 5.80. The molecule has 0 aliphatic carbocycles. The van der Waals surface area contributed by atoms with Crippen LogP contribution in [0, 0.1) is 0 Å². The molecule has 0 atom stereocenters. The van der Waals surface area contributed by atoms with Crippen molar-refractivity contribution in [2.24, 2.45) is 0 Å². The molecule has 1 aromatic carbocycles. The van der Waals surface area contributed by atoms with Crippen molar-refractivity contribution in [1.82, 2.24) is 0 Å². The Morgan fingerprint density at radius 3 is 2.28 bits per heavy atom. The Morgan fingerprint density at radius 2 is 1.83 bits per heavy atom. The summed E-state index contributed by atoms with van der Waals surface area (Å²) in [7, 11) is 0. The van der Waals surface area contributed by atoms with Gasteiger partial charge in [0, 0.05) is 19.9 Å². The molecule has 0 heterocycles. The van der Waals surface area contributed by atoms with Gasteiger partial charge in [0.1, 0.15) is 5.75 Å². The molecule has 1 aromatic rings. The number of aromatic carboxylic acids is 1. The lowest BCUT2D eigenvalue weighted by atomic mass is 10.2.